The number of nitrogens with zero attached hydrogens (tertiary/aromatic N) is 2. The maximum absolute atomic E-state index is 14.2. The number of amides is 1. The van der Waals surface area contributed by atoms with E-state index in [0.717, 1.165) is 5.56 Å². The third-order valence-electron chi connectivity index (χ3n) is 9.82. The molecule has 45 heavy (non-hydrogen) atoms. The van der Waals surface area contributed by atoms with Gasteiger partial charge >= 0.3 is 0 Å². The van der Waals surface area contributed by atoms with Crippen molar-refractivity contribution in [3.8, 4) is 5.75 Å². The van der Waals surface area contributed by atoms with Gasteiger partial charge in [0, 0.05) is 32.2 Å². The molecule has 3 aliphatic carbocycles. The zero-order valence-electron chi connectivity index (χ0n) is 26.8. The summed E-state index contributed by atoms with van der Waals surface area (Å²) in [4.78, 5) is 70.7. The molecular weight excluding hydrogens is 576 g/mol. The Morgan fingerprint density at radius 2 is 1.67 bits per heavy atom. The van der Waals surface area contributed by atoms with E-state index in [4.69, 9.17) is 5.73 Å². The molecule has 11 heteroatoms. The summed E-state index contributed by atoms with van der Waals surface area (Å²) in [6.07, 6.45) is 0.198. The van der Waals surface area contributed by atoms with Crippen LogP contribution < -0.4 is 16.0 Å². The number of anilines is 2. The normalized spacial score (nSPS) is 28.0. The van der Waals surface area contributed by atoms with Crippen LogP contribution in [0.15, 0.2) is 30.3 Å². The highest BCUT2D eigenvalue weighted by Crippen LogP contribution is 2.52. The summed E-state index contributed by atoms with van der Waals surface area (Å²) in [5, 5.41) is 26.5. The minimum atomic E-state index is -2.76. The Labute approximate surface area is 262 Å². The Morgan fingerprint density at radius 3 is 2.20 bits per heavy atom. The van der Waals surface area contributed by atoms with Gasteiger partial charge in [-0.1, -0.05) is 45.0 Å². The maximum atomic E-state index is 14.2. The average molecular weight is 619 g/mol. The lowest BCUT2D eigenvalue weighted by Gasteiger charge is -2.52. The number of primary amides is 1. The van der Waals surface area contributed by atoms with Crippen LogP contribution in [0.2, 0.25) is 0 Å². The van der Waals surface area contributed by atoms with E-state index >= 15 is 0 Å². The van der Waals surface area contributed by atoms with Crippen LogP contribution in [0.1, 0.15) is 54.2 Å². The summed E-state index contributed by atoms with van der Waals surface area (Å²) in [5.41, 5.74) is 6.25. The molecule has 0 heterocycles. The standard InChI is InChI=1S/C34H42N4O7/c1-33(2,3)18-10-8-16(9-11-18)15-36-21-14-22(37(4)5)19-12-17-13-20-26(38(6)7)29(41)25(32(35)44)31(43)34(20,45)30(42)23(17)28(40)24(19)27(21)39/h8-11,14,17,20,23,25-26,36,39,45H,12-13,15H2,1-7H3,(H2,35,44)/t17-,20-,23?,25?,26?,34-/m1/s1. The van der Waals surface area contributed by atoms with Crippen molar-refractivity contribution in [2.24, 2.45) is 29.4 Å². The number of aliphatic hydroxyl groups is 1. The second-order valence-corrected chi connectivity index (χ2v) is 14.1. The molecule has 0 aliphatic heterocycles. The predicted octanol–water partition coefficient (Wildman–Crippen LogP) is 1.84. The van der Waals surface area contributed by atoms with Crippen LogP contribution in [0.4, 0.5) is 11.4 Å². The average Bonchev–Trinajstić information content (AvgIpc) is 2.93. The Morgan fingerprint density at radius 1 is 1.04 bits per heavy atom. The smallest absolute Gasteiger partial charge is 0.235 e. The summed E-state index contributed by atoms with van der Waals surface area (Å²) in [7, 11) is 6.75. The first-order chi connectivity index (χ1) is 20.9. The number of aromatic hydroxyl groups is 1. The van der Waals surface area contributed by atoms with Gasteiger partial charge in [0.05, 0.1) is 23.2 Å². The highest BCUT2D eigenvalue weighted by Gasteiger charge is 2.69. The first-order valence-corrected chi connectivity index (χ1v) is 15.1. The van der Waals surface area contributed by atoms with E-state index in [9.17, 15) is 34.2 Å². The van der Waals surface area contributed by atoms with E-state index in [1.54, 1.807) is 20.2 Å². The van der Waals surface area contributed by atoms with E-state index in [0.29, 0.717) is 23.5 Å². The number of fused-ring (bicyclic) bond motifs is 3. The Balaban J connectivity index is 1.55. The molecule has 240 valence electrons. The zero-order chi connectivity index (χ0) is 33.3. The molecule has 6 atom stereocenters. The number of benzene rings is 2. The summed E-state index contributed by atoms with van der Waals surface area (Å²) in [6, 6.07) is 8.72. The van der Waals surface area contributed by atoms with Crippen molar-refractivity contribution in [2.45, 2.75) is 57.2 Å². The Hall–Kier alpha value is -4.09. The molecule has 0 radical (unpaired) electrons. The molecule has 5 N–H and O–H groups in total. The van der Waals surface area contributed by atoms with Crippen LogP contribution in [0.5, 0.6) is 5.75 Å². The minimum Gasteiger partial charge on any atom is -0.505 e. The highest BCUT2D eigenvalue weighted by molar-refractivity contribution is 6.32. The largest absolute Gasteiger partial charge is 0.505 e. The van der Waals surface area contributed by atoms with Crippen LogP contribution in [0.25, 0.3) is 0 Å². The van der Waals surface area contributed by atoms with Crippen molar-refractivity contribution in [3.05, 3.63) is 52.6 Å². The SMILES string of the molecule is CN(C)c1cc(NCc2ccc(C(C)(C)C)cc2)c(O)c2c1C[C@@H]1C[C@@H]3C(N(C)C)C(=O)C(C(N)=O)C(=O)[C@]3(O)C(=O)C1C2=O. The predicted molar refractivity (Wildman–Crippen MR) is 168 cm³/mol. The molecular formula is C34H42N4O7. The van der Waals surface area contributed by atoms with Gasteiger partial charge in [-0.2, -0.15) is 0 Å². The van der Waals surface area contributed by atoms with Gasteiger partial charge in [0.15, 0.2) is 34.7 Å². The summed E-state index contributed by atoms with van der Waals surface area (Å²) in [5.74, 6) is -10.7. The van der Waals surface area contributed by atoms with Gasteiger partial charge in [-0.25, -0.2) is 0 Å². The summed E-state index contributed by atoms with van der Waals surface area (Å²) < 4.78 is 0. The molecule has 2 aromatic rings. The number of rotatable bonds is 6. The number of nitrogens with two attached hydrogens (primary N) is 1. The van der Waals surface area contributed by atoms with Crippen molar-refractivity contribution < 1.29 is 34.2 Å². The number of carbonyl (C=O) groups excluding carboxylic acids is 5. The molecule has 0 saturated heterocycles. The maximum Gasteiger partial charge on any atom is 0.235 e. The number of hydrogen-bond donors (Lipinski definition) is 4. The lowest BCUT2D eigenvalue weighted by atomic mass is 9.52. The second kappa shape index (κ2) is 11.1. The van der Waals surface area contributed by atoms with Crippen LogP contribution in [0, 0.1) is 23.7 Å². The fourth-order valence-corrected chi connectivity index (χ4v) is 7.51. The van der Waals surface area contributed by atoms with Crippen LogP contribution in [0.3, 0.4) is 0 Å². The van der Waals surface area contributed by atoms with E-state index in [1.165, 1.54) is 10.5 Å². The van der Waals surface area contributed by atoms with E-state index in [2.05, 4.69) is 38.2 Å². The number of ketones is 4. The molecule has 3 unspecified atom stereocenters. The van der Waals surface area contributed by atoms with Gasteiger partial charge in [0.1, 0.15) is 5.75 Å². The first kappa shape index (κ1) is 32.3. The van der Waals surface area contributed by atoms with Crippen LogP contribution in [-0.4, -0.2) is 84.0 Å². The molecule has 2 fully saturated rings. The number of hydrogen-bond acceptors (Lipinski definition) is 10. The van der Waals surface area contributed by atoms with Gasteiger partial charge in [0.25, 0.3) is 0 Å². The van der Waals surface area contributed by atoms with E-state index in [-0.39, 0.29) is 29.6 Å². The molecule has 0 bridgehead atoms. The quantitative estimate of drug-likeness (QED) is 0.277. The molecule has 1 amide bonds. The Bertz CT molecular complexity index is 1610. The molecule has 2 saturated carbocycles. The highest BCUT2D eigenvalue weighted by atomic mass is 16.3. The third kappa shape index (κ3) is 5.02. The van der Waals surface area contributed by atoms with Crippen molar-refractivity contribution >= 4 is 40.4 Å². The van der Waals surface area contributed by atoms with Gasteiger partial charge < -0.3 is 26.2 Å². The van der Waals surface area contributed by atoms with Crippen molar-refractivity contribution in [2.75, 3.05) is 38.4 Å². The minimum absolute atomic E-state index is 0.00207. The van der Waals surface area contributed by atoms with Gasteiger partial charge in [-0.3, -0.25) is 28.9 Å². The number of phenolic OH excluding ortho intramolecular Hbond substituents is 1. The van der Waals surface area contributed by atoms with Crippen LogP contribution in [-0.2, 0) is 37.6 Å². The summed E-state index contributed by atoms with van der Waals surface area (Å²) >= 11 is 0. The Kier molecular flexibility index (Phi) is 7.94. The molecule has 3 aliphatic rings. The lowest BCUT2D eigenvalue weighted by molar-refractivity contribution is -0.181. The molecule has 0 spiro atoms. The van der Waals surface area contributed by atoms with E-state index < -0.39 is 64.4 Å². The van der Waals surface area contributed by atoms with Crippen molar-refractivity contribution in [1.29, 1.82) is 0 Å². The summed E-state index contributed by atoms with van der Waals surface area (Å²) in [6.45, 7) is 6.75. The number of likely N-dealkylation sites (N-methyl/N-ethyl adjacent to an activating group) is 1. The molecule has 2 aromatic carbocycles. The van der Waals surface area contributed by atoms with Crippen molar-refractivity contribution in [1.82, 2.24) is 4.90 Å². The fourth-order valence-electron chi connectivity index (χ4n) is 7.51. The van der Waals surface area contributed by atoms with Gasteiger partial charge in [-0.15, -0.1) is 0 Å². The molecule has 11 nitrogen and oxygen atoms in total. The number of Topliss-reactive ketones (excluding diaryl/α,β-unsaturated/α-hetero) is 4. The molecule has 0 aromatic heterocycles. The van der Waals surface area contributed by atoms with Gasteiger partial charge in [-0.05, 0) is 61.0 Å². The molecule has 5 rings (SSSR count). The number of carbonyl (C=O) groups is 5. The monoisotopic (exact) mass is 618 g/mol. The fraction of sp³-hybridized carbons (Fsp3) is 0.500. The number of phenols is 1. The second-order valence-electron chi connectivity index (χ2n) is 14.1. The zero-order valence-corrected chi connectivity index (χ0v) is 26.8. The van der Waals surface area contributed by atoms with Gasteiger partial charge in [0.2, 0.25) is 5.91 Å². The topological polar surface area (TPSA) is 170 Å². The first-order valence-electron chi connectivity index (χ1n) is 15.1. The number of nitrogens with one attached hydrogen (secondary N) is 1. The lowest BCUT2D eigenvalue weighted by Crippen LogP contribution is -2.74. The third-order valence-corrected chi connectivity index (χ3v) is 9.82. The van der Waals surface area contributed by atoms with E-state index in [1.807, 2.05) is 31.1 Å². The van der Waals surface area contributed by atoms with Crippen LogP contribution >= 0.6 is 0 Å². The van der Waals surface area contributed by atoms with Crippen molar-refractivity contribution in [3.63, 3.8) is 0 Å².